The summed E-state index contributed by atoms with van der Waals surface area (Å²) in [5.74, 6) is -5.43. The van der Waals surface area contributed by atoms with Gasteiger partial charge >= 0.3 is 21.2 Å². The SMILES string of the molecule is C=CC(N(C(Cc1c[nH]c2ccccc12)C(=O)O)C(C=C)P(=O)(O)O)P(=O)(O)O. The van der Waals surface area contributed by atoms with Crippen LogP contribution in [0.25, 0.3) is 10.9 Å². The monoisotopic (exact) mass is 444 g/mol. The molecule has 3 atom stereocenters. The second kappa shape index (κ2) is 8.77. The van der Waals surface area contributed by atoms with Crippen LogP contribution >= 0.6 is 15.2 Å². The first kappa shape index (κ1) is 23.3. The first-order chi connectivity index (χ1) is 13.4. The summed E-state index contributed by atoms with van der Waals surface area (Å²) in [6, 6.07) is 5.30. The predicted molar refractivity (Wildman–Crippen MR) is 107 cm³/mol. The van der Waals surface area contributed by atoms with E-state index in [1.54, 1.807) is 30.5 Å². The summed E-state index contributed by atoms with van der Waals surface area (Å²) in [6.07, 6.45) is 2.81. The molecule has 0 aliphatic carbocycles. The van der Waals surface area contributed by atoms with Gasteiger partial charge in [0.1, 0.15) is 17.6 Å². The number of fused-ring (bicyclic) bond motifs is 1. The number of carbonyl (C=O) groups is 1. The van der Waals surface area contributed by atoms with Gasteiger partial charge in [0.25, 0.3) is 0 Å². The zero-order valence-electron chi connectivity index (χ0n) is 15.2. The molecule has 29 heavy (non-hydrogen) atoms. The predicted octanol–water partition coefficient (Wildman–Crippen LogP) is 1.85. The third-order valence-corrected chi connectivity index (χ3v) is 6.79. The summed E-state index contributed by atoms with van der Waals surface area (Å²) in [7, 11) is -10.1. The number of nitrogens with zero attached hydrogens (tertiary/aromatic N) is 1. The third kappa shape index (κ3) is 5.12. The van der Waals surface area contributed by atoms with E-state index >= 15 is 0 Å². The normalized spacial score (nSPS) is 15.8. The van der Waals surface area contributed by atoms with Crippen molar-refractivity contribution in [2.75, 3.05) is 0 Å². The molecule has 0 saturated carbocycles. The smallest absolute Gasteiger partial charge is 0.346 e. The quantitative estimate of drug-likeness (QED) is 0.236. The zero-order chi connectivity index (χ0) is 22.0. The van der Waals surface area contributed by atoms with Gasteiger partial charge in [-0.05, 0) is 11.6 Å². The number of hydrogen-bond acceptors (Lipinski definition) is 4. The maximum atomic E-state index is 12.1. The van der Waals surface area contributed by atoms with Crippen molar-refractivity contribution in [3.8, 4) is 0 Å². The highest BCUT2D eigenvalue weighted by Crippen LogP contribution is 2.52. The molecule has 1 heterocycles. The fourth-order valence-electron chi connectivity index (χ4n) is 3.22. The van der Waals surface area contributed by atoms with Crippen LogP contribution < -0.4 is 0 Å². The van der Waals surface area contributed by atoms with Crippen molar-refractivity contribution >= 4 is 32.1 Å². The lowest BCUT2D eigenvalue weighted by molar-refractivity contribution is -0.143. The number of nitrogens with one attached hydrogen (secondary N) is 1. The molecule has 0 spiro atoms. The average Bonchev–Trinajstić information content (AvgIpc) is 3.00. The molecule has 0 radical (unpaired) electrons. The largest absolute Gasteiger partial charge is 0.480 e. The Morgan fingerprint density at radius 1 is 1.07 bits per heavy atom. The molecule has 0 aliphatic rings. The Kier molecular flexibility index (Phi) is 7.03. The maximum Gasteiger partial charge on any atom is 0.346 e. The Hall–Kier alpha value is -2.03. The summed E-state index contributed by atoms with van der Waals surface area (Å²) < 4.78 is 24.0. The van der Waals surface area contributed by atoms with Crippen LogP contribution in [0, 0.1) is 0 Å². The number of benzene rings is 1. The van der Waals surface area contributed by atoms with Crippen LogP contribution in [0.2, 0.25) is 0 Å². The van der Waals surface area contributed by atoms with Crippen molar-refractivity contribution in [3.63, 3.8) is 0 Å². The Morgan fingerprint density at radius 2 is 1.59 bits per heavy atom. The van der Waals surface area contributed by atoms with E-state index in [1.165, 1.54) is 0 Å². The lowest BCUT2D eigenvalue weighted by Crippen LogP contribution is -2.52. The van der Waals surface area contributed by atoms with Gasteiger partial charge in [-0.25, -0.2) is 0 Å². The minimum atomic E-state index is -5.05. The molecule has 0 aliphatic heterocycles. The Morgan fingerprint density at radius 3 is 2.03 bits per heavy atom. The molecule has 0 saturated heterocycles. The van der Waals surface area contributed by atoms with E-state index in [0.29, 0.717) is 21.4 Å². The minimum Gasteiger partial charge on any atom is -0.480 e. The van der Waals surface area contributed by atoms with E-state index in [4.69, 9.17) is 0 Å². The summed E-state index contributed by atoms with van der Waals surface area (Å²) >= 11 is 0. The van der Waals surface area contributed by atoms with E-state index < -0.39 is 38.8 Å². The van der Waals surface area contributed by atoms with Crippen molar-refractivity contribution in [2.45, 2.75) is 24.0 Å². The number of hydrogen-bond donors (Lipinski definition) is 6. The minimum absolute atomic E-state index is 0.284. The van der Waals surface area contributed by atoms with Crippen LogP contribution in [-0.2, 0) is 20.3 Å². The van der Waals surface area contributed by atoms with Crippen LogP contribution in [0.3, 0.4) is 0 Å². The van der Waals surface area contributed by atoms with E-state index in [-0.39, 0.29) is 6.42 Å². The molecule has 0 fully saturated rings. The second-order valence-corrected chi connectivity index (χ2v) is 9.76. The van der Waals surface area contributed by atoms with Gasteiger partial charge in [0, 0.05) is 23.5 Å². The number of rotatable bonds is 10. The Bertz CT molecular complexity index is 974. The number of aromatic nitrogens is 1. The average molecular weight is 444 g/mol. The van der Waals surface area contributed by atoms with Crippen molar-refractivity contribution in [3.05, 3.63) is 61.3 Å². The maximum absolute atomic E-state index is 12.1. The lowest BCUT2D eigenvalue weighted by atomic mass is 10.0. The number of aromatic amines is 1. The van der Waals surface area contributed by atoms with E-state index in [1.807, 2.05) is 0 Å². The fourth-order valence-corrected chi connectivity index (χ4v) is 5.18. The molecular weight excluding hydrogens is 422 g/mol. The molecule has 1 aromatic heterocycles. The Balaban J connectivity index is 2.64. The lowest BCUT2D eigenvalue weighted by Gasteiger charge is -2.39. The van der Waals surface area contributed by atoms with E-state index in [9.17, 15) is 38.6 Å². The number of carboxylic acid groups (broad SMARTS) is 1. The molecule has 10 nitrogen and oxygen atoms in total. The van der Waals surface area contributed by atoms with E-state index in [0.717, 1.165) is 12.2 Å². The zero-order valence-corrected chi connectivity index (χ0v) is 17.0. The highest BCUT2D eigenvalue weighted by molar-refractivity contribution is 7.53. The molecule has 2 rings (SSSR count). The number of carboxylic acids is 1. The highest BCUT2D eigenvalue weighted by Gasteiger charge is 2.47. The topological polar surface area (TPSA) is 171 Å². The third-order valence-electron chi connectivity index (χ3n) is 4.45. The summed E-state index contributed by atoms with van der Waals surface area (Å²) in [5.41, 5.74) is 1.21. The van der Waals surface area contributed by atoms with Crippen LogP contribution in [0.5, 0.6) is 0 Å². The molecule has 6 N–H and O–H groups in total. The van der Waals surface area contributed by atoms with Crippen molar-refractivity contribution in [1.29, 1.82) is 0 Å². The summed E-state index contributed by atoms with van der Waals surface area (Å²) in [5, 5.41) is 10.5. The van der Waals surface area contributed by atoms with Crippen LogP contribution in [-0.4, -0.2) is 58.1 Å². The molecule has 2 aromatic rings. The van der Waals surface area contributed by atoms with Gasteiger partial charge in [-0.3, -0.25) is 18.8 Å². The summed E-state index contributed by atoms with van der Waals surface area (Å²) in [6.45, 7) is 6.63. The van der Waals surface area contributed by atoms with Gasteiger partial charge in [0.2, 0.25) is 0 Å². The van der Waals surface area contributed by atoms with Crippen LogP contribution in [0.1, 0.15) is 5.56 Å². The first-order valence-corrected chi connectivity index (χ1v) is 11.7. The van der Waals surface area contributed by atoms with Crippen molar-refractivity contribution < 1.29 is 38.6 Å². The van der Waals surface area contributed by atoms with E-state index in [2.05, 4.69) is 18.1 Å². The van der Waals surface area contributed by atoms with Crippen LogP contribution in [0.15, 0.2) is 55.8 Å². The van der Waals surface area contributed by atoms with Crippen LogP contribution in [0.4, 0.5) is 0 Å². The van der Waals surface area contributed by atoms with Gasteiger partial charge in [0.15, 0.2) is 0 Å². The van der Waals surface area contributed by atoms with Gasteiger partial charge in [-0.15, -0.1) is 13.2 Å². The number of H-pyrrole nitrogens is 1. The summed E-state index contributed by atoms with van der Waals surface area (Å²) in [4.78, 5) is 54.4. The second-order valence-electron chi connectivity index (χ2n) is 6.34. The Labute approximate surface area is 166 Å². The number of aliphatic carboxylic acids is 1. The molecule has 158 valence electrons. The van der Waals surface area contributed by atoms with Gasteiger partial charge in [-0.1, -0.05) is 30.4 Å². The molecular formula is C17H22N2O8P2. The molecule has 3 unspecified atom stereocenters. The van der Waals surface area contributed by atoms with Gasteiger partial charge in [0.05, 0.1) is 0 Å². The highest BCUT2D eigenvalue weighted by atomic mass is 31.2. The molecule has 1 aromatic carbocycles. The molecule has 12 heteroatoms. The van der Waals surface area contributed by atoms with Gasteiger partial charge < -0.3 is 29.7 Å². The number of para-hydroxylation sites is 1. The van der Waals surface area contributed by atoms with Crippen molar-refractivity contribution in [1.82, 2.24) is 9.88 Å². The van der Waals surface area contributed by atoms with Gasteiger partial charge in [-0.2, -0.15) is 0 Å². The first-order valence-electron chi connectivity index (χ1n) is 8.32. The van der Waals surface area contributed by atoms with Crippen molar-refractivity contribution in [2.24, 2.45) is 0 Å². The molecule has 0 bridgehead atoms. The fraction of sp³-hybridized carbons (Fsp3) is 0.235. The molecule has 0 amide bonds. The standard InChI is InChI=1S/C17H22N2O8P2/c1-3-15(28(22,23)24)19(16(4-2)29(25,26)27)14(17(20)21)9-11-10-18-13-8-6-5-7-12(11)13/h3-8,10,14-16,18H,1-2,9H2,(H,20,21)(H2,22,23,24)(H2,25,26,27).